The third kappa shape index (κ3) is 6.13. The van der Waals surface area contributed by atoms with Crippen LogP contribution in [-0.4, -0.2) is 70.8 Å². The first-order valence-corrected chi connectivity index (χ1v) is 15.6. The molecule has 0 unspecified atom stereocenters. The summed E-state index contributed by atoms with van der Waals surface area (Å²) in [6.07, 6.45) is 4.76. The Morgan fingerprint density at radius 1 is 0.943 bits per heavy atom. The van der Waals surface area contributed by atoms with Crippen LogP contribution < -0.4 is 14.7 Å². The molecule has 35 heavy (non-hydrogen) atoms. The van der Waals surface area contributed by atoms with Gasteiger partial charge in [0.2, 0.25) is 5.95 Å². The van der Waals surface area contributed by atoms with Crippen LogP contribution in [0.3, 0.4) is 0 Å². The van der Waals surface area contributed by atoms with Crippen LogP contribution in [-0.2, 0) is 15.8 Å². The largest absolute Gasteiger partial charge is 0.412 e. The van der Waals surface area contributed by atoms with Crippen LogP contribution in [0.4, 0.5) is 21.7 Å². The predicted octanol–water partition coefficient (Wildman–Crippen LogP) is 4.69. The van der Waals surface area contributed by atoms with E-state index >= 15 is 4.39 Å². The molecule has 0 radical (unpaired) electrons. The van der Waals surface area contributed by atoms with Gasteiger partial charge in [0.05, 0.1) is 43.6 Å². The summed E-state index contributed by atoms with van der Waals surface area (Å²) in [5.41, 5.74) is 2.32. The van der Waals surface area contributed by atoms with Gasteiger partial charge in [-0.25, -0.2) is 14.4 Å². The smallest absolute Gasteiger partial charge is 0.225 e. The summed E-state index contributed by atoms with van der Waals surface area (Å²) >= 11 is 0. The van der Waals surface area contributed by atoms with Crippen molar-refractivity contribution in [1.82, 2.24) is 9.97 Å². The average Bonchev–Trinajstić information content (AvgIpc) is 3.10. The standard InChI is InChI=1S/C26H40FN5O2Si/c1-26(2,3)35(4,5)34-20-21-8-6-9-23(24(21)27)31-11-7-10-30(12-13-31)22-18-28-25(29-19-22)32-14-16-33-17-15-32/h6,8-9,18-19H,7,10-17,20H2,1-5H3. The summed E-state index contributed by atoms with van der Waals surface area (Å²) in [6, 6.07) is 5.69. The molecule has 0 bridgehead atoms. The quantitative estimate of drug-likeness (QED) is 0.532. The first-order valence-electron chi connectivity index (χ1n) is 12.7. The van der Waals surface area contributed by atoms with Gasteiger partial charge >= 0.3 is 0 Å². The van der Waals surface area contributed by atoms with E-state index in [0.29, 0.717) is 31.1 Å². The van der Waals surface area contributed by atoms with Crippen molar-refractivity contribution < 1.29 is 13.6 Å². The first kappa shape index (κ1) is 25.8. The highest BCUT2D eigenvalue weighted by Crippen LogP contribution is 2.37. The molecule has 7 nitrogen and oxygen atoms in total. The van der Waals surface area contributed by atoms with Gasteiger partial charge in [0.25, 0.3) is 0 Å². The monoisotopic (exact) mass is 501 g/mol. The third-order valence-electron chi connectivity index (χ3n) is 7.57. The normalized spacial score (nSPS) is 18.1. The SMILES string of the molecule is CC(C)(C)[Si](C)(C)OCc1cccc(N2CCCN(c3cnc(N4CCOCC4)nc3)CC2)c1F. The Bertz CT molecular complexity index is 977. The molecule has 0 N–H and O–H groups in total. The van der Waals surface area contributed by atoms with Crippen molar-refractivity contribution in [1.29, 1.82) is 0 Å². The fraction of sp³-hybridized carbons (Fsp3) is 0.615. The number of rotatable bonds is 6. The van der Waals surface area contributed by atoms with Crippen LogP contribution in [0, 0.1) is 5.82 Å². The minimum Gasteiger partial charge on any atom is -0.412 e. The Hall–Kier alpha value is -2.23. The lowest BCUT2D eigenvalue weighted by molar-refractivity contribution is 0.122. The maximum absolute atomic E-state index is 15.5. The van der Waals surface area contributed by atoms with Crippen LogP contribution in [0.5, 0.6) is 0 Å². The van der Waals surface area contributed by atoms with E-state index in [1.165, 1.54) is 0 Å². The minimum absolute atomic E-state index is 0.0967. The highest BCUT2D eigenvalue weighted by Gasteiger charge is 2.37. The Kier molecular flexibility index (Phi) is 7.98. The molecule has 192 valence electrons. The molecule has 0 amide bonds. The number of anilines is 3. The molecule has 4 rings (SSSR count). The number of aromatic nitrogens is 2. The van der Waals surface area contributed by atoms with Crippen LogP contribution >= 0.6 is 0 Å². The number of hydrogen-bond acceptors (Lipinski definition) is 7. The number of hydrogen-bond donors (Lipinski definition) is 0. The van der Waals surface area contributed by atoms with E-state index in [1.54, 1.807) is 0 Å². The number of ether oxygens (including phenoxy) is 1. The predicted molar refractivity (Wildman–Crippen MR) is 142 cm³/mol. The maximum atomic E-state index is 15.5. The lowest BCUT2D eigenvalue weighted by Gasteiger charge is -2.36. The fourth-order valence-corrected chi connectivity index (χ4v) is 5.17. The van der Waals surface area contributed by atoms with Gasteiger partial charge in [-0.3, -0.25) is 0 Å². The minimum atomic E-state index is -1.95. The number of nitrogens with zero attached hydrogens (tertiary/aromatic N) is 5. The van der Waals surface area contributed by atoms with E-state index in [-0.39, 0.29) is 10.9 Å². The van der Waals surface area contributed by atoms with Gasteiger partial charge in [0.15, 0.2) is 14.1 Å². The molecule has 0 atom stereocenters. The van der Waals surface area contributed by atoms with E-state index in [2.05, 4.69) is 58.5 Å². The Morgan fingerprint density at radius 2 is 1.60 bits per heavy atom. The van der Waals surface area contributed by atoms with E-state index in [0.717, 1.165) is 57.3 Å². The Balaban J connectivity index is 1.40. The second-order valence-corrected chi connectivity index (χ2v) is 15.8. The summed E-state index contributed by atoms with van der Waals surface area (Å²) in [5.74, 6) is 0.602. The lowest BCUT2D eigenvalue weighted by atomic mass is 10.1. The molecule has 9 heteroatoms. The molecule has 2 fully saturated rings. The topological polar surface area (TPSA) is 54.0 Å². The van der Waals surface area contributed by atoms with Crippen molar-refractivity contribution in [2.75, 3.05) is 67.2 Å². The summed E-state index contributed by atoms with van der Waals surface area (Å²) < 4.78 is 27.3. The zero-order valence-corrected chi connectivity index (χ0v) is 22.9. The van der Waals surface area contributed by atoms with Gasteiger partial charge in [-0.2, -0.15) is 0 Å². The van der Waals surface area contributed by atoms with Gasteiger partial charge in [-0.05, 0) is 30.6 Å². The van der Waals surface area contributed by atoms with Crippen molar-refractivity contribution in [3.8, 4) is 0 Å². The summed E-state index contributed by atoms with van der Waals surface area (Å²) in [6.45, 7) is 17.7. The van der Waals surface area contributed by atoms with Crippen molar-refractivity contribution in [2.24, 2.45) is 0 Å². The second-order valence-electron chi connectivity index (χ2n) is 11.0. The Labute approximate surface area is 210 Å². The fourth-order valence-electron chi connectivity index (χ4n) is 4.22. The molecular weight excluding hydrogens is 461 g/mol. The summed E-state index contributed by atoms with van der Waals surface area (Å²) in [4.78, 5) is 15.8. The zero-order valence-electron chi connectivity index (χ0n) is 21.9. The molecule has 2 saturated heterocycles. The molecule has 2 aromatic rings. The Morgan fingerprint density at radius 3 is 2.29 bits per heavy atom. The molecule has 0 spiro atoms. The number of benzene rings is 1. The molecule has 0 saturated carbocycles. The van der Waals surface area contributed by atoms with Gasteiger partial charge in [-0.1, -0.05) is 32.9 Å². The van der Waals surface area contributed by atoms with Gasteiger partial charge in [-0.15, -0.1) is 0 Å². The van der Waals surface area contributed by atoms with E-state index in [9.17, 15) is 0 Å². The van der Waals surface area contributed by atoms with Crippen molar-refractivity contribution in [3.63, 3.8) is 0 Å². The number of halogens is 1. The molecule has 1 aromatic carbocycles. The lowest BCUT2D eigenvalue weighted by Crippen LogP contribution is -2.40. The highest BCUT2D eigenvalue weighted by atomic mass is 28.4. The van der Waals surface area contributed by atoms with Crippen LogP contribution in [0.15, 0.2) is 30.6 Å². The van der Waals surface area contributed by atoms with Crippen LogP contribution in [0.1, 0.15) is 32.8 Å². The highest BCUT2D eigenvalue weighted by molar-refractivity contribution is 6.74. The number of morpholine rings is 1. The van der Waals surface area contributed by atoms with Gasteiger partial charge in [0.1, 0.15) is 0 Å². The van der Waals surface area contributed by atoms with Crippen LogP contribution in [0.2, 0.25) is 18.1 Å². The van der Waals surface area contributed by atoms with Gasteiger partial charge in [0, 0.05) is 44.8 Å². The molecule has 2 aliphatic rings. The molecule has 1 aromatic heterocycles. The first-order chi connectivity index (χ1) is 16.7. The van der Waals surface area contributed by atoms with Crippen molar-refractivity contribution in [2.45, 2.75) is 51.9 Å². The zero-order chi connectivity index (χ0) is 25.1. The van der Waals surface area contributed by atoms with E-state index in [1.807, 2.05) is 30.6 Å². The van der Waals surface area contributed by atoms with E-state index in [4.69, 9.17) is 9.16 Å². The van der Waals surface area contributed by atoms with Crippen LogP contribution in [0.25, 0.3) is 0 Å². The molecule has 2 aliphatic heterocycles. The summed E-state index contributed by atoms with van der Waals surface area (Å²) in [7, 11) is -1.95. The average molecular weight is 502 g/mol. The second kappa shape index (κ2) is 10.8. The molecule has 0 aliphatic carbocycles. The van der Waals surface area contributed by atoms with E-state index < -0.39 is 8.32 Å². The van der Waals surface area contributed by atoms with Crippen molar-refractivity contribution in [3.05, 3.63) is 42.0 Å². The molecular formula is C26H40FN5O2Si. The maximum Gasteiger partial charge on any atom is 0.225 e. The summed E-state index contributed by atoms with van der Waals surface area (Å²) in [5, 5.41) is 0.0967. The van der Waals surface area contributed by atoms with Crippen molar-refractivity contribution >= 4 is 25.6 Å². The molecule has 3 heterocycles. The van der Waals surface area contributed by atoms with Gasteiger partial charge < -0.3 is 23.9 Å². The third-order valence-corrected chi connectivity index (χ3v) is 12.1.